The first kappa shape index (κ1) is 11.1. The second kappa shape index (κ2) is 4.24. The van der Waals surface area contributed by atoms with Crippen LogP contribution in [0.3, 0.4) is 0 Å². The molecule has 16 heavy (non-hydrogen) atoms. The Morgan fingerprint density at radius 3 is 2.81 bits per heavy atom. The molecule has 0 bridgehead atoms. The Bertz CT molecular complexity index is 399. The van der Waals surface area contributed by atoms with Gasteiger partial charge in [0.15, 0.2) is 5.78 Å². The molecule has 1 aliphatic rings. The Morgan fingerprint density at radius 2 is 2.25 bits per heavy atom. The maximum Gasteiger partial charge on any atom is 0.163 e. The number of aromatic nitrogens is 1. The van der Waals surface area contributed by atoms with Crippen molar-refractivity contribution < 1.29 is 4.79 Å². The third kappa shape index (κ3) is 2.08. The van der Waals surface area contributed by atoms with Crippen molar-refractivity contribution in [1.29, 1.82) is 0 Å². The Labute approximate surface area is 96.5 Å². The fraction of sp³-hybridized carbons (Fsp3) is 0.538. The van der Waals surface area contributed by atoms with E-state index < -0.39 is 0 Å². The molecule has 86 valence electrons. The van der Waals surface area contributed by atoms with Crippen LogP contribution in [-0.2, 0) is 0 Å². The summed E-state index contributed by atoms with van der Waals surface area (Å²) < 4.78 is 0. The SMILES string of the molecule is CC(=O)c1cccnc1N(C)C(C)C1CC1. The van der Waals surface area contributed by atoms with Crippen LogP contribution in [0.4, 0.5) is 5.82 Å². The van der Waals surface area contributed by atoms with E-state index in [1.807, 2.05) is 19.2 Å². The van der Waals surface area contributed by atoms with Gasteiger partial charge < -0.3 is 4.90 Å². The zero-order valence-electron chi connectivity index (χ0n) is 10.1. The van der Waals surface area contributed by atoms with E-state index in [1.54, 1.807) is 13.1 Å². The van der Waals surface area contributed by atoms with Gasteiger partial charge in [-0.25, -0.2) is 4.98 Å². The number of anilines is 1. The van der Waals surface area contributed by atoms with Crippen molar-refractivity contribution in [3.63, 3.8) is 0 Å². The normalized spacial score (nSPS) is 16.9. The van der Waals surface area contributed by atoms with Gasteiger partial charge in [-0.3, -0.25) is 4.79 Å². The van der Waals surface area contributed by atoms with E-state index >= 15 is 0 Å². The lowest BCUT2D eigenvalue weighted by Gasteiger charge is -2.27. The minimum Gasteiger partial charge on any atom is -0.356 e. The Kier molecular flexibility index (Phi) is 2.95. The van der Waals surface area contributed by atoms with Crippen LogP contribution in [0, 0.1) is 5.92 Å². The molecule has 1 aliphatic carbocycles. The highest BCUT2D eigenvalue weighted by Gasteiger charge is 2.31. The molecule has 0 saturated heterocycles. The van der Waals surface area contributed by atoms with E-state index in [-0.39, 0.29) is 5.78 Å². The summed E-state index contributed by atoms with van der Waals surface area (Å²) in [6, 6.07) is 4.13. The molecule has 1 aromatic rings. The van der Waals surface area contributed by atoms with Crippen LogP contribution in [0.1, 0.15) is 37.0 Å². The topological polar surface area (TPSA) is 33.2 Å². The average molecular weight is 218 g/mol. The van der Waals surface area contributed by atoms with Crippen LogP contribution < -0.4 is 4.90 Å². The number of carbonyl (C=O) groups excluding carboxylic acids is 1. The molecule has 1 heterocycles. The summed E-state index contributed by atoms with van der Waals surface area (Å²) in [5, 5.41) is 0. The van der Waals surface area contributed by atoms with Gasteiger partial charge in [-0.05, 0) is 44.7 Å². The van der Waals surface area contributed by atoms with Gasteiger partial charge in [-0.1, -0.05) is 0 Å². The van der Waals surface area contributed by atoms with Crippen LogP contribution in [0.5, 0.6) is 0 Å². The van der Waals surface area contributed by atoms with E-state index in [0.717, 1.165) is 17.3 Å². The van der Waals surface area contributed by atoms with E-state index in [4.69, 9.17) is 0 Å². The molecular formula is C13H18N2O. The predicted molar refractivity (Wildman–Crippen MR) is 64.8 cm³/mol. The number of pyridine rings is 1. The summed E-state index contributed by atoms with van der Waals surface area (Å²) in [5.74, 6) is 1.67. The highest BCUT2D eigenvalue weighted by atomic mass is 16.1. The summed E-state index contributed by atoms with van der Waals surface area (Å²) in [5.41, 5.74) is 0.720. The fourth-order valence-corrected chi connectivity index (χ4v) is 2.04. The number of Topliss-reactive ketones (excluding diaryl/α,β-unsaturated/α-hetero) is 1. The van der Waals surface area contributed by atoms with Gasteiger partial charge in [-0.15, -0.1) is 0 Å². The minimum atomic E-state index is 0.0814. The molecule has 0 radical (unpaired) electrons. The van der Waals surface area contributed by atoms with Gasteiger partial charge in [0.05, 0.1) is 5.56 Å². The molecule has 1 fully saturated rings. The molecule has 0 aromatic carbocycles. The number of hydrogen-bond donors (Lipinski definition) is 0. The lowest BCUT2D eigenvalue weighted by molar-refractivity contribution is 0.101. The second-order valence-corrected chi connectivity index (χ2v) is 4.62. The molecule has 2 rings (SSSR count). The van der Waals surface area contributed by atoms with Crippen molar-refractivity contribution in [1.82, 2.24) is 4.98 Å². The summed E-state index contributed by atoms with van der Waals surface area (Å²) in [4.78, 5) is 18.0. The highest BCUT2D eigenvalue weighted by molar-refractivity contribution is 5.98. The second-order valence-electron chi connectivity index (χ2n) is 4.62. The zero-order valence-corrected chi connectivity index (χ0v) is 10.1. The van der Waals surface area contributed by atoms with E-state index in [9.17, 15) is 4.79 Å². The average Bonchev–Trinajstić information content (AvgIpc) is 3.11. The Balaban J connectivity index is 2.27. The maximum absolute atomic E-state index is 11.5. The summed E-state index contributed by atoms with van der Waals surface area (Å²) in [6.07, 6.45) is 4.35. The first-order chi connectivity index (χ1) is 7.61. The number of rotatable bonds is 4. The molecule has 0 amide bonds. The smallest absolute Gasteiger partial charge is 0.163 e. The van der Waals surface area contributed by atoms with Crippen molar-refractivity contribution in [2.24, 2.45) is 5.92 Å². The number of carbonyl (C=O) groups is 1. The van der Waals surface area contributed by atoms with Gasteiger partial charge in [-0.2, -0.15) is 0 Å². The zero-order chi connectivity index (χ0) is 11.7. The van der Waals surface area contributed by atoms with Crippen molar-refractivity contribution in [2.75, 3.05) is 11.9 Å². The number of hydrogen-bond acceptors (Lipinski definition) is 3. The summed E-state index contributed by atoms with van der Waals surface area (Å²) in [6.45, 7) is 3.80. The molecule has 0 spiro atoms. The van der Waals surface area contributed by atoms with Gasteiger partial charge in [0.25, 0.3) is 0 Å². The Hall–Kier alpha value is -1.38. The molecule has 0 aliphatic heterocycles. The minimum absolute atomic E-state index is 0.0814. The summed E-state index contributed by atoms with van der Waals surface area (Å²) in [7, 11) is 2.03. The molecule has 1 saturated carbocycles. The molecule has 1 atom stereocenters. The van der Waals surface area contributed by atoms with Crippen LogP contribution >= 0.6 is 0 Å². The van der Waals surface area contributed by atoms with Crippen molar-refractivity contribution in [3.05, 3.63) is 23.9 Å². The van der Waals surface area contributed by atoms with Crippen LogP contribution in [0.15, 0.2) is 18.3 Å². The number of nitrogens with zero attached hydrogens (tertiary/aromatic N) is 2. The van der Waals surface area contributed by atoms with Gasteiger partial charge in [0.2, 0.25) is 0 Å². The molecular weight excluding hydrogens is 200 g/mol. The first-order valence-electron chi connectivity index (χ1n) is 5.80. The van der Waals surface area contributed by atoms with Gasteiger partial charge in [0, 0.05) is 19.3 Å². The molecule has 3 heteroatoms. The monoisotopic (exact) mass is 218 g/mol. The molecule has 0 N–H and O–H groups in total. The van der Waals surface area contributed by atoms with Gasteiger partial charge in [0.1, 0.15) is 5.82 Å². The van der Waals surface area contributed by atoms with Crippen molar-refractivity contribution >= 4 is 11.6 Å². The highest BCUT2D eigenvalue weighted by Crippen LogP contribution is 2.36. The Morgan fingerprint density at radius 1 is 1.56 bits per heavy atom. The lowest BCUT2D eigenvalue weighted by atomic mass is 10.1. The van der Waals surface area contributed by atoms with Crippen LogP contribution in [-0.4, -0.2) is 23.9 Å². The standard InChI is InChI=1S/C13H18N2O/c1-9(11-6-7-11)15(3)13-12(10(2)16)5-4-8-14-13/h4-5,8-9,11H,6-7H2,1-3H3. The lowest BCUT2D eigenvalue weighted by Crippen LogP contribution is -2.32. The van der Waals surface area contributed by atoms with E-state index in [2.05, 4.69) is 16.8 Å². The predicted octanol–water partition coefficient (Wildman–Crippen LogP) is 2.52. The van der Waals surface area contributed by atoms with Crippen molar-refractivity contribution in [3.8, 4) is 0 Å². The largest absolute Gasteiger partial charge is 0.356 e. The quantitative estimate of drug-likeness (QED) is 0.728. The van der Waals surface area contributed by atoms with Crippen molar-refractivity contribution in [2.45, 2.75) is 32.7 Å². The maximum atomic E-state index is 11.5. The third-order valence-electron chi connectivity index (χ3n) is 3.42. The first-order valence-corrected chi connectivity index (χ1v) is 5.80. The van der Waals surface area contributed by atoms with Crippen LogP contribution in [0.25, 0.3) is 0 Å². The third-order valence-corrected chi connectivity index (χ3v) is 3.42. The van der Waals surface area contributed by atoms with Gasteiger partial charge >= 0.3 is 0 Å². The fourth-order valence-electron chi connectivity index (χ4n) is 2.04. The van der Waals surface area contributed by atoms with E-state index in [0.29, 0.717) is 6.04 Å². The molecule has 1 aromatic heterocycles. The van der Waals surface area contributed by atoms with E-state index in [1.165, 1.54) is 12.8 Å². The summed E-state index contributed by atoms with van der Waals surface area (Å²) >= 11 is 0. The van der Waals surface area contributed by atoms with Crippen LogP contribution in [0.2, 0.25) is 0 Å². The molecule has 1 unspecified atom stereocenters. The number of ketones is 1. The molecule has 3 nitrogen and oxygen atoms in total.